The number of carbonyl (C=O) groups excluding carboxylic acids is 1. The van der Waals surface area contributed by atoms with Crippen molar-refractivity contribution in [2.24, 2.45) is 5.73 Å². The molecule has 0 rings (SSSR count). The molecule has 1 atom stereocenters. The zero-order valence-electron chi connectivity index (χ0n) is 4.37. The van der Waals surface area contributed by atoms with Gasteiger partial charge in [-0.15, -0.1) is 0 Å². The van der Waals surface area contributed by atoms with Crippen LogP contribution in [0, 0.1) is 0 Å². The monoisotopic (exact) mass is 119 g/mol. The molecule has 0 unspecified atom stereocenters. The number of aliphatic hydroxyl groups is 2. The lowest BCUT2D eigenvalue weighted by molar-refractivity contribution is -0.123. The molecule has 0 spiro atoms. The molecule has 0 aliphatic carbocycles. The fourth-order valence-electron chi connectivity index (χ4n) is 0.219. The largest absolute Gasteiger partial charge is 0.394 e. The first-order valence-electron chi connectivity index (χ1n) is 2.22. The highest BCUT2D eigenvalue weighted by Crippen LogP contribution is 1.76. The van der Waals surface area contributed by atoms with Crippen LogP contribution in [0.4, 0.5) is 0 Å². The Morgan fingerprint density at radius 2 is 2.12 bits per heavy atom. The van der Waals surface area contributed by atoms with E-state index in [1.54, 1.807) is 0 Å². The minimum absolute atomic E-state index is 0.403. The van der Waals surface area contributed by atoms with Gasteiger partial charge in [0.05, 0.1) is 12.6 Å². The number of rotatable bonds is 3. The highest BCUT2D eigenvalue weighted by atomic mass is 16.3. The Kier molecular flexibility index (Phi) is 3.34. The summed E-state index contributed by atoms with van der Waals surface area (Å²) < 4.78 is 0. The number of aliphatic hydroxyl groups excluding tert-OH is 2. The molecule has 4 N–H and O–H groups in total. The molecule has 0 aliphatic heterocycles. The van der Waals surface area contributed by atoms with Gasteiger partial charge in [-0.2, -0.15) is 0 Å². The van der Waals surface area contributed by atoms with E-state index in [4.69, 9.17) is 15.9 Å². The summed E-state index contributed by atoms with van der Waals surface area (Å²) in [6.45, 7) is -0.999. The molecule has 4 heteroatoms. The molecule has 0 aromatic carbocycles. The van der Waals surface area contributed by atoms with Crippen LogP contribution in [-0.2, 0) is 4.79 Å². The topological polar surface area (TPSA) is 83.5 Å². The molecule has 8 heavy (non-hydrogen) atoms. The molecule has 0 fully saturated rings. The predicted octanol–water partition coefficient (Wildman–Crippen LogP) is -2.13. The van der Waals surface area contributed by atoms with Gasteiger partial charge in [-0.1, -0.05) is 0 Å². The Morgan fingerprint density at radius 3 is 2.25 bits per heavy atom. The van der Waals surface area contributed by atoms with Crippen molar-refractivity contribution < 1.29 is 15.0 Å². The minimum atomic E-state index is -0.917. The van der Waals surface area contributed by atoms with Crippen molar-refractivity contribution in [1.29, 1.82) is 0 Å². The van der Waals surface area contributed by atoms with Gasteiger partial charge in [0.25, 0.3) is 0 Å². The van der Waals surface area contributed by atoms with Crippen LogP contribution in [0.15, 0.2) is 0 Å². The molecular weight excluding hydrogens is 110 g/mol. The van der Waals surface area contributed by atoms with Crippen molar-refractivity contribution in [2.75, 3.05) is 13.2 Å². The van der Waals surface area contributed by atoms with Crippen LogP contribution in [0.5, 0.6) is 0 Å². The molecule has 0 aromatic heterocycles. The Morgan fingerprint density at radius 1 is 1.62 bits per heavy atom. The average molecular weight is 119 g/mol. The Hall–Kier alpha value is -0.450. The van der Waals surface area contributed by atoms with Crippen molar-refractivity contribution in [3.8, 4) is 0 Å². The molecule has 0 saturated carbocycles. The second kappa shape index (κ2) is 3.54. The summed E-state index contributed by atoms with van der Waals surface area (Å²) in [4.78, 5) is 10.2. The number of ketones is 1. The highest BCUT2D eigenvalue weighted by Gasteiger charge is 2.08. The van der Waals surface area contributed by atoms with Crippen molar-refractivity contribution in [2.45, 2.75) is 6.04 Å². The summed E-state index contributed by atoms with van der Waals surface area (Å²) in [6, 6.07) is -0.917. The van der Waals surface area contributed by atoms with Gasteiger partial charge in [0, 0.05) is 0 Å². The fraction of sp³-hybridized carbons (Fsp3) is 0.750. The van der Waals surface area contributed by atoms with E-state index < -0.39 is 25.0 Å². The average Bonchev–Trinajstić information content (AvgIpc) is 1.84. The summed E-state index contributed by atoms with van der Waals surface area (Å²) in [5, 5.41) is 16.3. The second-order valence-corrected chi connectivity index (χ2v) is 1.41. The number of Topliss-reactive ketones (excluding diaryl/α,β-unsaturated/α-hetero) is 1. The molecule has 0 amide bonds. The summed E-state index contributed by atoms with van der Waals surface area (Å²) in [5.74, 6) is -0.535. The Bertz CT molecular complexity index is 83.4. The van der Waals surface area contributed by atoms with Crippen molar-refractivity contribution in [3.05, 3.63) is 0 Å². The van der Waals surface area contributed by atoms with Gasteiger partial charge in [0.1, 0.15) is 6.61 Å². The third kappa shape index (κ3) is 2.02. The fourth-order valence-corrected chi connectivity index (χ4v) is 0.219. The molecule has 0 saturated heterocycles. The van der Waals surface area contributed by atoms with E-state index in [2.05, 4.69) is 0 Å². The van der Waals surface area contributed by atoms with Gasteiger partial charge in [0.2, 0.25) is 0 Å². The normalized spacial score (nSPS) is 13.4. The maximum atomic E-state index is 10.2. The predicted molar refractivity (Wildman–Crippen MR) is 27.2 cm³/mol. The van der Waals surface area contributed by atoms with Crippen LogP contribution in [0.2, 0.25) is 0 Å². The third-order valence-corrected chi connectivity index (χ3v) is 0.766. The first kappa shape index (κ1) is 7.55. The first-order valence-corrected chi connectivity index (χ1v) is 2.22. The maximum absolute atomic E-state index is 10.2. The van der Waals surface area contributed by atoms with E-state index in [1.807, 2.05) is 0 Å². The van der Waals surface area contributed by atoms with Crippen LogP contribution in [0.1, 0.15) is 0 Å². The third-order valence-electron chi connectivity index (χ3n) is 0.766. The lowest BCUT2D eigenvalue weighted by Gasteiger charge is -2.01. The zero-order valence-corrected chi connectivity index (χ0v) is 4.37. The molecule has 0 radical (unpaired) electrons. The van der Waals surface area contributed by atoms with Gasteiger partial charge in [-0.3, -0.25) is 4.79 Å². The van der Waals surface area contributed by atoms with Crippen molar-refractivity contribution in [1.82, 2.24) is 0 Å². The van der Waals surface area contributed by atoms with E-state index in [-0.39, 0.29) is 0 Å². The van der Waals surface area contributed by atoms with Crippen LogP contribution in [0.3, 0.4) is 0 Å². The van der Waals surface area contributed by atoms with Crippen LogP contribution in [0.25, 0.3) is 0 Å². The van der Waals surface area contributed by atoms with Gasteiger partial charge in [-0.25, -0.2) is 0 Å². The van der Waals surface area contributed by atoms with Crippen LogP contribution >= 0.6 is 0 Å². The summed E-state index contributed by atoms with van der Waals surface area (Å²) >= 11 is 0. The Labute approximate surface area is 46.9 Å². The lowest BCUT2D eigenvalue weighted by atomic mass is 10.2. The second-order valence-electron chi connectivity index (χ2n) is 1.41. The number of hydrogen-bond donors (Lipinski definition) is 3. The summed E-state index contributed by atoms with van der Waals surface area (Å²) in [6.07, 6.45) is 0. The SMILES string of the molecule is N[C@H](CO)C(=O)CO. The zero-order chi connectivity index (χ0) is 6.57. The van der Waals surface area contributed by atoms with Crippen LogP contribution < -0.4 is 5.73 Å². The molecule has 48 valence electrons. The van der Waals surface area contributed by atoms with Crippen molar-refractivity contribution >= 4 is 5.78 Å². The number of nitrogens with two attached hydrogens (primary N) is 1. The lowest BCUT2D eigenvalue weighted by Crippen LogP contribution is -2.35. The molecule has 4 nitrogen and oxygen atoms in total. The molecule has 0 aliphatic rings. The Balaban J connectivity index is 3.46. The first-order chi connectivity index (χ1) is 3.72. The van der Waals surface area contributed by atoms with Gasteiger partial charge < -0.3 is 15.9 Å². The molecule has 0 bridgehead atoms. The molecule has 0 heterocycles. The smallest absolute Gasteiger partial charge is 0.177 e. The van der Waals surface area contributed by atoms with Gasteiger partial charge in [0.15, 0.2) is 5.78 Å². The van der Waals surface area contributed by atoms with E-state index >= 15 is 0 Å². The maximum Gasteiger partial charge on any atom is 0.177 e. The standard InChI is InChI=1S/C4H9NO3/c5-3(1-6)4(8)2-7/h3,6-7H,1-2,5H2/t3-/m1/s1. The van der Waals surface area contributed by atoms with Crippen LogP contribution in [-0.4, -0.2) is 35.3 Å². The summed E-state index contributed by atoms with van der Waals surface area (Å²) in [5.41, 5.74) is 4.97. The van der Waals surface area contributed by atoms with Gasteiger partial charge >= 0.3 is 0 Å². The number of hydrogen-bond acceptors (Lipinski definition) is 4. The minimum Gasteiger partial charge on any atom is -0.394 e. The molecular formula is C4H9NO3. The van der Waals surface area contributed by atoms with E-state index in [1.165, 1.54) is 0 Å². The summed E-state index contributed by atoms with van der Waals surface area (Å²) in [7, 11) is 0. The molecule has 0 aromatic rings. The van der Waals surface area contributed by atoms with E-state index in [0.29, 0.717) is 0 Å². The highest BCUT2D eigenvalue weighted by molar-refractivity contribution is 5.84. The van der Waals surface area contributed by atoms with E-state index in [0.717, 1.165) is 0 Å². The van der Waals surface area contributed by atoms with Gasteiger partial charge in [-0.05, 0) is 0 Å². The quantitative estimate of drug-likeness (QED) is 0.396. The van der Waals surface area contributed by atoms with Crippen molar-refractivity contribution in [3.63, 3.8) is 0 Å². The number of carbonyl (C=O) groups is 1. The van der Waals surface area contributed by atoms with E-state index in [9.17, 15) is 4.79 Å².